The number of carboxylic acid groups (broad SMARTS) is 1. The summed E-state index contributed by atoms with van der Waals surface area (Å²) in [5.41, 5.74) is 6.62. The van der Waals surface area contributed by atoms with E-state index < -0.39 is 5.97 Å². The van der Waals surface area contributed by atoms with E-state index in [1.807, 2.05) is 31.2 Å². The van der Waals surface area contributed by atoms with Gasteiger partial charge in [-0.2, -0.15) is 0 Å². The van der Waals surface area contributed by atoms with Crippen LogP contribution in [0.25, 0.3) is 0 Å². The SMILES string of the molecule is C=CCOC(=O)[C@H](C)Nc1ccccc1C.NCC(=O)O. The molecule has 0 unspecified atom stereocenters. The fourth-order valence-electron chi connectivity index (χ4n) is 1.29. The van der Waals surface area contributed by atoms with Crippen LogP contribution in [0, 0.1) is 6.92 Å². The van der Waals surface area contributed by atoms with Gasteiger partial charge < -0.3 is 20.9 Å². The van der Waals surface area contributed by atoms with Gasteiger partial charge >= 0.3 is 11.9 Å². The Bertz CT molecular complexity index is 474. The summed E-state index contributed by atoms with van der Waals surface area (Å²) in [6.07, 6.45) is 1.55. The fourth-order valence-corrected chi connectivity index (χ4v) is 1.29. The van der Waals surface area contributed by atoms with Gasteiger partial charge in [-0.3, -0.25) is 4.79 Å². The predicted molar refractivity (Wildman–Crippen MR) is 82.1 cm³/mol. The first-order valence-corrected chi connectivity index (χ1v) is 6.44. The summed E-state index contributed by atoms with van der Waals surface area (Å²) in [6.45, 7) is 7.23. The average Bonchev–Trinajstić information content (AvgIpc) is 2.47. The second-order valence-corrected chi connectivity index (χ2v) is 4.20. The van der Waals surface area contributed by atoms with E-state index >= 15 is 0 Å². The standard InChI is InChI=1S/C13H17NO2.C2H5NO2/c1-4-9-16-13(15)11(3)14-12-8-6-5-7-10(12)2;3-1-2(4)5/h4-8,11,14H,1,9H2,2-3H3;1,3H2,(H,4,5)/t11-;/m0./s1. The molecular formula is C15H22N2O4. The van der Waals surface area contributed by atoms with Crippen molar-refractivity contribution in [2.75, 3.05) is 18.5 Å². The van der Waals surface area contributed by atoms with Crippen molar-refractivity contribution in [2.24, 2.45) is 5.73 Å². The number of carboxylic acids is 1. The van der Waals surface area contributed by atoms with E-state index in [0.29, 0.717) is 0 Å². The van der Waals surface area contributed by atoms with Gasteiger partial charge in [0.15, 0.2) is 0 Å². The lowest BCUT2D eigenvalue weighted by atomic mass is 10.2. The van der Waals surface area contributed by atoms with Crippen molar-refractivity contribution < 1.29 is 19.4 Å². The molecule has 0 amide bonds. The molecule has 0 radical (unpaired) electrons. The summed E-state index contributed by atoms with van der Waals surface area (Å²) in [6, 6.07) is 7.45. The number of nitrogens with one attached hydrogen (secondary N) is 1. The van der Waals surface area contributed by atoms with Crippen molar-refractivity contribution in [1.82, 2.24) is 0 Å². The third-order valence-electron chi connectivity index (χ3n) is 2.39. The molecule has 1 aromatic rings. The summed E-state index contributed by atoms with van der Waals surface area (Å²) in [4.78, 5) is 20.7. The fraction of sp³-hybridized carbons (Fsp3) is 0.333. The highest BCUT2D eigenvalue weighted by molar-refractivity contribution is 5.79. The van der Waals surface area contributed by atoms with Crippen LogP contribution in [0.5, 0.6) is 0 Å². The largest absolute Gasteiger partial charge is 0.480 e. The van der Waals surface area contributed by atoms with Crippen LogP contribution in [0.4, 0.5) is 5.69 Å². The third-order valence-corrected chi connectivity index (χ3v) is 2.39. The van der Waals surface area contributed by atoms with Gasteiger partial charge in [-0.05, 0) is 25.5 Å². The van der Waals surface area contributed by atoms with E-state index in [4.69, 9.17) is 9.84 Å². The van der Waals surface area contributed by atoms with Gasteiger partial charge in [-0.1, -0.05) is 30.9 Å². The summed E-state index contributed by atoms with van der Waals surface area (Å²) >= 11 is 0. The zero-order valence-electron chi connectivity index (χ0n) is 12.3. The molecule has 1 atom stereocenters. The summed E-state index contributed by atoms with van der Waals surface area (Å²) in [5.74, 6) is -1.24. The Balaban J connectivity index is 0.000000690. The van der Waals surface area contributed by atoms with Crippen molar-refractivity contribution in [2.45, 2.75) is 19.9 Å². The molecule has 1 rings (SSSR count). The third kappa shape index (κ3) is 8.43. The molecular weight excluding hydrogens is 272 g/mol. The van der Waals surface area contributed by atoms with Crippen molar-refractivity contribution >= 4 is 17.6 Å². The van der Waals surface area contributed by atoms with Crippen LogP contribution in [-0.4, -0.2) is 36.2 Å². The van der Waals surface area contributed by atoms with E-state index in [1.54, 1.807) is 13.0 Å². The lowest BCUT2D eigenvalue weighted by Crippen LogP contribution is -2.28. The number of carbonyl (C=O) groups excluding carboxylic acids is 1. The number of carbonyl (C=O) groups is 2. The minimum absolute atomic E-state index is 0.249. The Kier molecular flexibility index (Phi) is 9.28. The molecule has 21 heavy (non-hydrogen) atoms. The van der Waals surface area contributed by atoms with Crippen LogP contribution in [0.15, 0.2) is 36.9 Å². The number of anilines is 1. The molecule has 0 aliphatic heterocycles. The van der Waals surface area contributed by atoms with Crippen molar-refractivity contribution in [3.63, 3.8) is 0 Å². The van der Waals surface area contributed by atoms with Crippen LogP contribution in [0.1, 0.15) is 12.5 Å². The molecule has 0 spiro atoms. The Morgan fingerprint density at radius 3 is 2.52 bits per heavy atom. The number of nitrogens with two attached hydrogens (primary N) is 1. The van der Waals surface area contributed by atoms with Gasteiger partial charge in [0.1, 0.15) is 12.6 Å². The molecule has 6 heteroatoms. The number of esters is 1. The highest BCUT2D eigenvalue weighted by Gasteiger charge is 2.13. The number of rotatable bonds is 6. The molecule has 6 nitrogen and oxygen atoms in total. The molecule has 4 N–H and O–H groups in total. The minimum atomic E-state index is -0.968. The Hall–Kier alpha value is -2.34. The maximum Gasteiger partial charge on any atom is 0.328 e. The van der Waals surface area contributed by atoms with Gasteiger partial charge in [-0.25, -0.2) is 4.79 Å². The van der Waals surface area contributed by atoms with Crippen molar-refractivity contribution in [1.29, 1.82) is 0 Å². The zero-order chi connectivity index (χ0) is 16.3. The number of benzene rings is 1. The predicted octanol–water partition coefficient (Wildman–Crippen LogP) is 1.55. The lowest BCUT2D eigenvalue weighted by molar-refractivity contribution is -0.143. The van der Waals surface area contributed by atoms with Crippen LogP contribution in [-0.2, 0) is 14.3 Å². The minimum Gasteiger partial charge on any atom is -0.480 e. The molecule has 116 valence electrons. The maximum absolute atomic E-state index is 11.5. The zero-order valence-corrected chi connectivity index (χ0v) is 12.3. The van der Waals surface area contributed by atoms with Gasteiger partial charge in [0, 0.05) is 5.69 Å². The highest BCUT2D eigenvalue weighted by atomic mass is 16.5. The normalized spacial score (nSPS) is 10.6. The van der Waals surface area contributed by atoms with E-state index in [9.17, 15) is 9.59 Å². The topological polar surface area (TPSA) is 102 Å². The highest BCUT2D eigenvalue weighted by Crippen LogP contribution is 2.14. The number of ether oxygens (including phenoxy) is 1. The van der Waals surface area contributed by atoms with E-state index in [1.165, 1.54) is 0 Å². The Morgan fingerprint density at radius 2 is 2.05 bits per heavy atom. The first kappa shape index (κ1) is 18.7. The molecule has 0 bridgehead atoms. The number of para-hydroxylation sites is 1. The van der Waals surface area contributed by atoms with Gasteiger partial charge in [-0.15, -0.1) is 0 Å². The van der Waals surface area contributed by atoms with Gasteiger partial charge in [0.2, 0.25) is 0 Å². The van der Waals surface area contributed by atoms with E-state index in [2.05, 4.69) is 17.6 Å². The number of hydrogen-bond acceptors (Lipinski definition) is 5. The lowest BCUT2D eigenvalue weighted by Gasteiger charge is -2.15. The number of aliphatic carboxylic acids is 1. The van der Waals surface area contributed by atoms with Crippen molar-refractivity contribution in [3.05, 3.63) is 42.5 Å². The first-order valence-electron chi connectivity index (χ1n) is 6.44. The molecule has 0 fully saturated rings. The van der Waals surface area contributed by atoms with E-state index in [-0.39, 0.29) is 25.2 Å². The molecule has 0 aliphatic carbocycles. The summed E-state index contributed by atoms with van der Waals surface area (Å²) in [7, 11) is 0. The number of aryl methyl sites for hydroxylation is 1. The van der Waals surface area contributed by atoms with Gasteiger partial charge in [0.25, 0.3) is 0 Å². The summed E-state index contributed by atoms with van der Waals surface area (Å²) in [5, 5.41) is 10.7. The smallest absolute Gasteiger partial charge is 0.328 e. The average molecular weight is 294 g/mol. The molecule has 0 saturated carbocycles. The molecule has 1 aromatic carbocycles. The molecule has 0 aliphatic rings. The molecule has 0 saturated heterocycles. The maximum atomic E-state index is 11.5. The Labute approximate surface area is 124 Å². The Morgan fingerprint density at radius 1 is 1.48 bits per heavy atom. The quantitative estimate of drug-likeness (QED) is 0.543. The second kappa shape index (κ2) is 10.4. The number of hydrogen-bond donors (Lipinski definition) is 3. The van der Waals surface area contributed by atoms with E-state index in [0.717, 1.165) is 11.3 Å². The molecule has 0 aromatic heterocycles. The summed E-state index contributed by atoms with van der Waals surface area (Å²) < 4.78 is 4.95. The van der Waals surface area contributed by atoms with Crippen molar-refractivity contribution in [3.8, 4) is 0 Å². The van der Waals surface area contributed by atoms with Crippen LogP contribution >= 0.6 is 0 Å². The van der Waals surface area contributed by atoms with Gasteiger partial charge in [0.05, 0.1) is 6.54 Å². The van der Waals surface area contributed by atoms with Crippen LogP contribution in [0.3, 0.4) is 0 Å². The molecule has 0 heterocycles. The first-order chi connectivity index (χ1) is 9.92. The monoisotopic (exact) mass is 294 g/mol. The van der Waals surface area contributed by atoms with Crippen LogP contribution in [0.2, 0.25) is 0 Å². The van der Waals surface area contributed by atoms with Crippen LogP contribution < -0.4 is 11.1 Å². The second-order valence-electron chi connectivity index (χ2n) is 4.20.